The first-order chi connectivity index (χ1) is 19.2. The molecule has 10 heteroatoms. The summed E-state index contributed by atoms with van der Waals surface area (Å²) < 4.78 is 45.9. The number of carbonyl (C=O) groups is 1. The number of quaternary nitrogens is 1. The van der Waals surface area contributed by atoms with Crippen molar-refractivity contribution in [3.8, 4) is 11.5 Å². The Morgan fingerprint density at radius 2 is 1.88 bits per heavy atom. The topological polar surface area (TPSA) is 94.2 Å². The molecule has 1 aliphatic carbocycles. The Kier molecular flexibility index (Phi) is 5.02. The zero-order valence-corrected chi connectivity index (χ0v) is 23.7. The Bertz CT molecular complexity index is 1590. The second kappa shape index (κ2) is 8.09. The van der Waals surface area contributed by atoms with E-state index in [1.54, 1.807) is 26.4 Å². The maximum atomic E-state index is 13.9. The molecule has 5 aliphatic heterocycles. The largest absolute Gasteiger partial charge is 0.493 e. The standard InChI is InChI=1S/C30H34N3O6S/c1-17-4-6-19(7-5-17)40(35,36)31-33-10-9-30-21-13-23(37-2)24(38-3)14-22(21)32-27(34)15-25-28(29(30)32)20(12-26(30)33)18(16-33)8-11-39-25/h4-8,13-14,20,25-26,28-29,31H,9-12,15-16H2,1-3H3/q+1/t20-,25-,26-,28-,29-,30+,33?/m0/s1. The molecular formula is C30H34N3O6S+. The molecule has 5 heterocycles. The van der Waals surface area contributed by atoms with Crippen LogP contribution in [0, 0.1) is 18.8 Å². The molecule has 1 N–H and O–H groups in total. The van der Waals surface area contributed by atoms with Crippen LogP contribution in [0.15, 0.2) is 52.9 Å². The lowest BCUT2D eigenvalue weighted by molar-refractivity contribution is -0.970. The zero-order valence-electron chi connectivity index (χ0n) is 22.9. The number of rotatable bonds is 5. The van der Waals surface area contributed by atoms with E-state index < -0.39 is 15.4 Å². The average Bonchev–Trinajstić information content (AvgIpc) is 3.35. The molecule has 40 heavy (non-hydrogen) atoms. The number of nitrogens with one attached hydrogen (secondary N) is 1. The molecule has 4 fully saturated rings. The number of anilines is 1. The number of sulfonamides is 1. The number of amides is 1. The van der Waals surface area contributed by atoms with Crippen molar-refractivity contribution in [1.82, 2.24) is 4.83 Å². The van der Waals surface area contributed by atoms with Crippen molar-refractivity contribution in [2.24, 2.45) is 11.8 Å². The number of methoxy groups -OCH3 is 2. The SMILES string of the molecule is COc1cc2c(cc1OC)[C@@]13CC[N+]4(NS(=O)(=O)c5ccc(C)cc5)CC5=CCO[C@H]6CC(=O)N2[C@H]1[C@H]6[C@H]5C[C@@H]34. The lowest BCUT2D eigenvalue weighted by atomic mass is 9.53. The predicted molar refractivity (Wildman–Crippen MR) is 146 cm³/mol. The van der Waals surface area contributed by atoms with Gasteiger partial charge in [0.05, 0.1) is 61.9 Å². The van der Waals surface area contributed by atoms with E-state index in [9.17, 15) is 13.2 Å². The number of nitrogens with zero attached hydrogens (tertiary/aromatic N) is 2. The summed E-state index contributed by atoms with van der Waals surface area (Å²) in [5, 5.41) is 0. The summed E-state index contributed by atoms with van der Waals surface area (Å²) in [7, 11) is -0.570. The molecule has 8 rings (SSSR count). The van der Waals surface area contributed by atoms with E-state index in [0.717, 1.165) is 29.7 Å². The van der Waals surface area contributed by atoms with E-state index in [4.69, 9.17) is 14.2 Å². The van der Waals surface area contributed by atoms with Gasteiger partial charge in [-0.2, -0.15) is 0 Å². The predicted octanol–water partition coefficient (Wildman–Crippen LogP) is 2.83. The van der Waals surface area contributed by atoms with Gasteiger partial charge in [0.2, 0.25) is 5.91 Å². The fourth-order valence-electron chi connectivity index (χ4n) is 9.34. The molecule has 2 bridgehead atoms. The maximum Gasteiger partial charge on any atom is 0.282 e. The Morgan fingerprint density at radius 3 is 2.62 bits per heavy atom. The van der Waals surface area contributed by atoms with Gasteiger partial charge in [0.15, 0.2) is 11.5 Å². The molecule has 2 aromatic rings. The molecule has 0 aromatic heterocycles. The van der Waals surface area contributed by atoms with Gasteiger partial charge in [0.1, 0.15) is 12.6 Å². The number of benzene rings is 2. The molecule has 0 radical (unpaired) electrons. The second-order valence-electron chi connectivity index (χ2n) is 12.3. The molecular weight excluding hydrogens is 530 g/mol. The molecule has 6 aliphatic rings. The lowest BCUT2D eigenvalue weighted by Gasteiger charge is -2.59. The van der Waals surface area contributed by atoms with Crippen molar-refractivity contribution in [2.75, 3.05) is 38.8 Å². The van der Waals surface area contributed by atoms with Crippen molar-refractivity contribution in [2.45, 2.75) is 54.7 Å². The molecule has 2 aromatic carbocycles. The van der Waals surface area contributed by atoms with E-state index >= 15 is 0 Å². The van der Waals surface area contributed by atoms with Gasteiger partial charge in [0, 0.05) is 24.8 Å². The van der Waals surface area contributed by atoms with Gasteiger partial charge in [-0.3, -0.25) is 4.79 Å². The molecule has 9 nitrogen and oxygen atoms in total. The van der Waals surface area contributed by atoms with E-state index in [0.29, 0.717) is 37.6 Å². The minimum absolute atomic E-state index is 0.0392. The van der Waals surface area contributed by atoms with Gasteiger partial charge >= 0.3 is 0 Å². The van der Waals surface area contributed by atoms with E-state index in [1.165, 1.54) is 5.57 Å². The number of hydrogen-bond acceptors (Lipinski definition) is 6. The summed E-state index contributed by atoms with van der Waals surface area (Å²) in [6.07, 6.45) is 3.97. The van der Waals surface area contributed by atoms with Crippen LogP contribution >= 0.6 is 0 Å². The van der Waals surface area contributed by atoms with Gasteiger partial charge in [0.25, 0.3) is 10.0 Å². The van der Waals surface area contributed by atoms with Crippen LogP contribution in [0.5, 0.6) is 11.5 Å². The van der Waals surface area contributed by atoms with Crippen LogP contribution < -0.4 is 19.2 Å². The smallest absolute Gasteiger partial charge is 0.282 e. The van der Waals surface area contributed by atoms with E-state index in [2.05, 4.69) is 10.9 Å². The van der Waals surface area contributed by atoms with Crippen molar-refractivity contribution in [3.63, 3.8) is 0 Å². The number of aryl methyl sites for hydroxylation is 1. The second-order valence-corrected chi connectivity index (χ2v) is 14.0. The molecule has 3 saturated heterocycles. The molecule has 7 atom stereocenters. The van der Waals surface area contributed by atoms with Gasteiger partial charge in [-0.25, -0.2) is 13.0 Å². The number of hydrogen-bond donors (Lipinski definition) is 1. The Hall–Kier alpha value is -2.92. The van der Waals surface area contributed by atoms with Crippen molar-refractivity contribution >= 4 is 21.6 Å². The highest BCUT2D eigenvalue weighted by Gasteiger charge is 2.77. The van der Waals surface area contributed by atoms with Gasteiger partial charge in [-0.15, -0.1) is 0 Å². The summed E-state index contributed by atoms with van der Waals surface area (Å²) in [4.78, 5) is 19.4. The first-order valence-corrected chi connectivity index (χ1v) is 15.6. The van der Waals surface area contributed by atoms with Gasteiger partial charge in [-0.1, -0.05) is 28.6 Å². The third-order valence-corrected chi connectivity index (χ3v) is 12.3. The summed E-state index contributed by atoms with van der Waals surface area (Å²) in [5.41, 5.74) is 3.77. The normalized spacial score (nSPS) is 36.6. The Labute approximate surface area is 234 Å². The molecule has 1 unspecified atom stereocenters. The van der Waals surface area contributed by atoms with Crippen LogP contribution in [-0.2, 0) is 25.0 Å². The average molecular weight is 565 g/mol. The Morgan fingerprint density at radius 1 is 1.12 bits per heavy atom. The minimum atomic E-state index is -3.81. The summed E-state index contributed by atoms with van der Waals surface area (Å²) in [6.45, 7) is 3.65. The first-order valence-electron chi connectivity index (χ1n) is 14.1. The quantitative estimate of drug-likeness (QED) is 0.444. The lowest BCUT2D eigenvalue weighted by Crippen LogP contribution is -2.75. The van der Waals surface area contributed by atoms with Crippen LogP contribution in [0.2, 0.25) is 0 Å². The van der Waals surface area contributed by atoms with Crippen LogP contribution in [-0.4, -0.2) is 71.0 Å². The molecule has 210 valence electrons. The van der Waals surface area contributed by atoms with Crippen molar-refractivity contribution in [1.29, 1.82) is 0 Å². The number of carbonyl (C=O) groups excluding carboxylic acids is 1. The summed E-state index contributed by atoms with van der Waals surface area (Å²) in [5.74, 6) is 1.68. The van der Waals surface area contributed by atoms with Crippen LogP contribution in [0.25, 0.3) is 0 Å². The minimum Gasteiger partial charge on any atom is -0.493 e. The van der Waals surface area contributed by atoms with E-state index in [1.807, 2.05) is 36.1 Å². The van der Waals surface area contributed by atoms with Crippen LogP contribution in [0.1, 0.15) is 30.4 Å². The highest BCUT2D eigenvalue weighted by Crippen LogP contribution is 2.68. The first kappa shape index (κ1) is 24.8. The monoisotopic (exact) mass is 564 g/mol. The third-order valence-electron chi connectivity index (χ3n) is 10.8. The third kappa shape index (κ3) is 2.97. The number of ether oxygens (including phenoxy) is 3. The van der Waals surface area contributed by atoms with Crippen LogP contribution in [0.4, 0.5) is 5.69 Å². The summed E-state index contributed by atoms with van der Waals surface area (Å²) >= 11 is 0. The Balaban J connectivity index is 1.34. The number of fused-ring (bicyclic) bond motifs is 2. The zero-order chi connectivity index (χ0) is 27.6. The highest BCUT2D eigenvalue weighted by atomic mass is 32.2. The number of piperidine rings is 2. The highest BCUT2D eigenvalue weighted by molar-refractivity contribution is 7.89. The van der Waals surface area contributed by atoms with Crippen molar-refractivity contribution < 1.29 is 32.0 Å². The van der Waals surface area contributed by atoms with Crippen molar-refractivity contribution in [3.05, 3.63) is 59.2 Å². The van der Waals surface area contributed by atoms with Gasteiger partial charge in [-0.05, 0) is 42.2 Å². The summed E-state index contributed by atoms with van der Waals surface area (Å²) in [6, 6.07) is 10.9. The fraction of sp³-hybridized carbons (Fsp3) is 0.500. The van der Waals surface area contributed by atoms with Gasteiger partial charge < -0.3 is 19.1 Å². The van der Waals surface area contributed by atoms with Crippen LogP contribution in [0.3, 0.4) is 0 Å². The molecule has 1 amide bonds. The molecule has 1 spiro atoms. The maximum absolute atomic E-state index is 13.9. The fourth-order valence-corrected chi connectivity index (χ4v) is 10.7. The molecule has 1 saturated carbocycles. The van der Waals surface area contributed by atoms with E-state index in [-0.39, 0.29) is 45.4 Å².